The molecule has 0 aliphatic heterocycles. The van der Waals surface area contributed by atoms with Crippen LogP contribution < -0.4 is 10.6 Å². The van der Waals surface area contributed by atoms with Gasteiger partial charge in [-0.2, -0.15) is 5.10 Å². The average molecular weight is 366 g/mol. The Hall–Kier alpha value is -2.63. The molecule has 2 amide bonds. The number of carbonyl (C=O) groups excluding carboxylic acids is 2. The molecule has 2 atom stereocenters. The van der Waals surface area contributed by atoms with E-state index in [-0.39, 0.29) is 30.3 Å². The highest BCUT2D eigenvalue weighted by atomic mass is 16.2. The fourth-order valence-electron chi connectivity index (χ4n) is 4.22. The minimum Gasteiger partial charge on any atom is -0.352 e. The van der Waals surface area contributed by atoms with Crippen molar-refractivity contribution < 1.29 is 9.59 Å². The monoisotopic (exact) mass is 366 g/mol. The Bertz CT molecular complexity index is 858. The number of hydrogen-bond donors (Lipinski definition) is 2. The van der Waals surface area contributed by atoms with Crippen LogP contribution in [0.1, 0.15) is 42.5 Å². The molecule has 0 radical (unpaired) electrons. The maximum Gasteiger partial charge on any atom is 0.241 e. The van der Waals surface area contributed by atoms with Crippen molar-refractivity contribution in [1.29, 1.82) is 0 Å². The summed E-state index contributed by atoms with van der Waals surface area (Å²) in [6.07, 6.45) is 7.49. The molecule has 0 bridgehead atoms. The number of rotatable bonds is 5. The molecule has 1 aromatic carbocycles. The molecular weight excluding hydrogens is 340 g/mol. The van der Waals surface area contributed by atoms with Crippen LogP contribution >= 0.6 is 0 Å². The molecule has 4 rings (SSSR count). The molecule has 6 nitrogen and oxygen atoms in total. The van der Waals surface area contributed by atoms with Gasteiger partial charge in [-0.3, -0.25) is 14.3 Å². The first-order chi connectivity index (χ1) is 13.1. The van der Waals surface area contributed by atoms with Crippen LogP contribution in [0.2, 0.25) is 0 Å². The van der Waals surface area contributed by atoms with E-state index in [1.165, 1.54) is 17.5 Å². The first-order valence-corrected chi connectivity index (χ1v) is 9.79. The van der Waals surface area contributed by atoms with Crippen LogP contribution in [-0.4, -0.2) is 27.6 Å². The average Bonchev–Trinajstić information content (AvgIpc) is 3.36. The molecule has 0 saturated heterocycles. The number of carbonyl (C=O) groups is 2. The molecule has 6 heteroatoms. The molecule has 0 unspecified atom stereocenters. The third-order valence-corrected chi connectivity index (χ3v) is 5.76. The molecule has 2 aliphatic carbocycles. The van der Waals surface area contributed by atoms with Gasteiger partial charge in [0, 0.05) is 29.5 Å². The predicted molar refractivity (Wildman–Crippen MR) is 103 cm³/mol. The number of nitrogens with one attached hydrogen (secondary N) is 2. The normalized spacial score (nSPS) is 21.1. The van der Waals surface area contributed by atoms with Crippen molar-refractivity contribution in [3.63, 3.8) is 0 Å². The third-order valence-electron chi connectivity index (χ3n) is 5.76. The van der Waals surface area contributed by atoms with Gasteiger partial charge in [-0.25, -0.2) is 0 Å². The maximum atomic E-state index is 12.6. The zero-order valence-corrected chi connectivity index (χ0v) is 15.7. The van der Waals surface area contributed by atoms with Crippen molar-refractivity contribution in [3.8, 4) is 0 Å². The van der Waals surface area contributed by atoms with Gasteiger partial charge in [0.05, 0.1) is 0 Å². The van der Waals surface area contributed by atoms with Crippen molar-refractivity contribution in [2.24, 2.45) is 5.92 Å². The highest BCUT2D eigenvalue weighted by Gasteiger charge is 2.31. The molecule has 27 heavy (non-hydrogen) atoms. The Morgan fingerprint density at radius 2 is 2.04 bits per heavy atom. The number of aryl methyl sites for hydroxylation is 3. The van der Waals surface area contributed by atoms with Crippen LogP contribution in [0.3, 0.4) is 0 Å². The number of benzene rings is 1. The smallest absolute Gasteiger partial charge is 0.241 e. The SMILES string of the molecule is Cc1ccnn1CC(=O)N[C@@H]1CC[C@H](C(=O)Nc2ccc3c(c2)CCC3)C1. The Balaban J connectivity index is 1.28. The van der Waals surface area contributed by atoms with E-state index in [0.29, 0.717) is 6.42 Å². The van der Waals surface area contributed by atoms with Crippen LogP contribution in [0, 0.1) is 12.8 Å². The summed E-state index contributed by atoms with van der Waals surface area (Å²) in [5.41, 5.74) is 4.62. The summed E-state index contributed by atoms with van der Waals surface area (Å²) in [6, 6.07) is 8.18. The molecule has 1 saturated carbocycles. The second kappa shape index (κ2) is 7.55. The lowest BCUT2D eigenvalue weighted by Crippen LogP contribution is -2.36. The lowest BCUT2D eigenvalue weighted by atomic mass is 10.1. The molecule has 0 spiro atoms. The van der Waals surface area contributed by atoms with E-state index in [2.05, 4.69) is 27.9 Å². The maximum absolute atomic E-state index is 12.6. The van der Waals surface area contributed by atoms with Crippen LogP contribution in [-0.2, 0) is 29.0 Å². The molecule has 142 valence electrons. The third kappa shape index (κ3) is 4.04. The highest BCUT2D eigenvalue weighted by Crippen LogP contribution is 2.29. The standard InChI is InChI=1S/C21H26N4O2/c1-14-9-10-22-25(14)13-20(26)23-18-8-6-17(12-18)21(27)24-19-7-5-15-3-2-4-16(15)11-19/h5,7,9-11,17-18H,2-4,6,8,12-13H2,1H3,(H,23,26)(H,24,27)/t17-,18+/m0/s1. The zero-order chi connectivity index (χ0) is 18.8. The van der Waals surface area contributed by atoms with Gasteiger partial charge >= 0.3 is 0 Å². The number of anilines is 1. The summed E-state index contributed by atoms with van der Waals surface area (Å²) >= 11 is 0. The fraction of sp³-hybridized carbons (Fsp3) is 0.476. The molecule has 1 aromatic heterocycles. The van der Waals surface area contributed by atoms with Crippen LogP contribution in [0.15, 0.2) is 30.5 Å². The second-order valence-corrected chi connectivity index (χ2v) is 7.73. The van der Waals surface area contributed by atoms with E-state index in [4.69, 9.17) is 0 Å². The predicted octanol–water partition coefficient (Wildman–Crippen LogP) is 2.60. The minimum atomic E-state index is -0.0496. The number of fused-ring (bicyclic) bond motifs is 1. The number of hydrogen-bond acceptors (Lipinski definition) is 3. The van der Waals surface area contributed by atoms with Gasteiger partial charge in [0.1, 0.15) is 6.54 Å². The molecule has 2 aliphatic rings. The summed E-state index contributed by atoms with van der Waals surface area (Å²) in [4.78, 5) is 24.8. The Morgan fingerprint density at radius 3 is 2.85 bits per heavy atom. The first kappa shape index (κ1) is 17.8. The zero-order valence-electron chi connectivity index (χ0n) is 15.7. The molecule has 2 N–H and O–H groups in total. The Kier molecular flexibility index (Phi) is 4.97. The number of nitrogens with zero attached hydrogens (tertiary/aromatic N) is 2. The van der Waals surface area contributed by atoms with E-state index in [1.54, 1.807) is 10.9 Å². The Morgan fingerprint density at radius 1 is 1.19 bits per heavy atom. The molecule has 1 heterocycles. The lowest BCUT2D eigenvalue weighted by molar-refractivity contribution is -0.123. The van der Waals surface area contributed by atoms with Gasteiger partial charge in [-0.05, 0) is 74.8 Å². The van der Waals surface area contributed by atoms with Crippen molar-refractivity contribution in [2.45, 2.75) is 58.0 Å². The summed E-state index contributed by atoms with van der Waals surface area (Å²) in [7, 11) is 0. The van der Waals surface area contributed by atoms with Crippen LogP contribution in [0.25, 0.3) is 0 Å². The van der Waals surface area contributed by atoms with Gasteiger partial charge in [0.2, 0.25) is 11.8 Å². The molecular formula is C21H26N4O2. The quantitative estimate of drug-likeness (QED) is 0.854. The van der Waals surface area contributed by atoms with Gasteiger partial charge < -0.3 is 10.6 Å². The molecule has 1 fully saturated rings. The van der Waals surface area contributed by atoms with E-state index >= 15 is 0 Å². The summed E-state index contributed by atoms with van der Waals surface area (Å²) in [6.45, 7) is 2.15. The Labute approximate surface area is 159 Å². The lowest BCUT2D eigenvalue weighted by Gasteiger charge is -2.14. The second-order valence-electron chi connectivity index (χ2n) is 7.73. The van der Waals surface area contributed by atoms with Crippen molar-refractivity contribution >= 4 is 17.5 Å². The summed E-state index contributed by atoms with van der Waals surface area (Å²) < 4.78 is 1.68. The van der Waals surface area contributed by atoms with Crippen molar-refractivity contribution in [2.75, 3.05) is 5.32 Å². The van der Waals surface area contributed by atoms with Gasteiger partial charge in [-0.15, -0.1) is 0 Å². The number of amides is 2. The summed E-state index contributed by atoms with van der Waals surface area (Å²) in [5, 5.41) is 10.2. The van der Waals surface area contributed by atoms with Gasteiger partial charge in [-0.1, -0.05) is 6.07 Å². The van der Waals surface area contributed by atoms with Gasteiger partial charge in [0.25, 0.3) is 0 Å². The fourth-order valence-corrected chi connectivity index (χ4v) is 4.22. The van der Waals surface area contributed by atoms with E-state index in [1.807, 2.05) is 19.1 Å². The van der Waals surface area contributed by atoms with E-state index in [0.717, 1.165) is 37.1 Å². The van der Waals surface area contributed by atoms with Crippen molar-refractivity contribution in [3.05, 3.63) is 47.3 Å². The summed E-state index contributed by atoms with van der Waals surface area (Å²) in [5.74, 6) is -0.0332. The largest absolute Gasteiger partial charge is 0.352 e. The topological polar surface area (TPSA) is 76.0 Å². The molecule has 2 aromatic rings. The number of aromatic nitrogens is 2. The van der Waals surface area contributed by atoms with Crippen molar-refractivity contribution in [1.82, 2.24) is 15.1 Å². The van der Waals surface area contributed by atoms with Crippen LogP contribution in [0.4, 0.5) is 5.69 Å². The minimum absolute atomic E-state index is 0.0463. The highest BCUT2D eigenvalue weighted by molar-refractivity contribution is 5.93. The van der Waals surface area contributed by atoms with E-state index in [9.17, 15) is 9.59 Å². The first-order valence-electron chi connectivity index (χ1n) is 9.79. The van der Waals surface area contributed by atoms with Gasteiger partial charge in [0.15, 0.2) is 0 Å². The van der Waals surface area contributed by atoms with Crippen LogP contribution in [0.5, 0.6) is 0 Å². The van der Waals surface area contributed by atoms with E-state index < -0.39 is 0 Å².